The second-order valence-corrected chi connectivity index (χ2v) is 7.08. The Kier molecular flexibility index (Phi) is 4.71. The van der Waals surface area contributed by atoms with Gasteiger partial charge in [0.1, 0.15) is 11.5 Å². The molecule has 0 saturated heterocycles. The Balaban J connectivity index is 1.49. The highest BCUT2D eigenvalue weighted by molar-refractivity contribution is 7.98. The maximum Gasteiger partial charge on any atom is 0.118 e. The Hall–Kier alpha value is -1.19. The molecule has 0 aliphatic heterocycles. The van der Waals surface area contributed by atoms with Crippen LogP contribution in [0.3, 0.4) is 0 Å². The standard InChI is InChI=1S/C18H23NOS/c1-13(2)14-3-9-18(10-4-14)21-12-17-8-7-16(20-17)11-19-15-5-6-15/h3-4,7-10,13,15,19H,5-6,11-12H2,1-2H3. The lowest BCUT2D eigenvalue weighted by Crippen LogP contribution is -2.14. The lowest BCUT2D eigenvalue weighted by molar-refractivity contribution is 0.458. The van der Waals surface area contributed by atoms with E-state index in [-0.39, 0.29) is 0 Å². The molecule has 1 heterocycles. The van der Waals surface area contributed by atoms with Crippen molar-refractivity contribution in [3.05, 3.63) is 53.5 Å². The molecule has 1 N–H and O–H groups in total. The molecule has 0 radical (unpaired) electrons. The molecule has 0 atom stereocenters. The summed E-state index contributed by atoms with van der Waals surface area (Å²) in [6.45, 7) is 5.31. The predicted octanol–water partition coefficient (Wildman–Crippen LogP) is 4.95. The van der Waals surface area contributed by atoms with Gasteiger partial charge >= 0.3 is 0 Å². The smallest absolute Gasteiger partial charge is 0.118 e. The molecule has 3 heteroatoms. The number of hydrogen-bond donors (Lipinski definition) is 1. The molecule has 0 unspecified atom stereocenters. The zero-order chi connectivity index (χ0) is 14.7. The maximum absolute atomic E-state index is 5.86. The van der Waals surface area contributed by atoms with Crippen molar-refractivity contribution in [2.45, 2.75) is 55.8 Å². The Labute approximate surface area is 131 Å². The van der Waals surface area contributed by atoms with Gasteiger partial charge in [-0.1, -0.05) is 26.0 Å². The van der Waals surface area contributed by atoms with Crippen molar-refractivity contribution in [3.63, 3.8) is 0 Å². The molecule has 3 rings (SSSR count). The fraction of sp³-hybridized carbons (Fsp3) is 0.444. The highest BCUT2D eigenvalue weighted by atomic mass is 32.2. The maximum atomic E-state index is 5.86. The Morgan fingerprint density at radius 1 is 1.10 bits per heavy atom. The summed E-state index contributed by atoms with van der Waals surface area (Å²) in [5.74, 6) is 3.59. The summed E-state index contributed by atoms with van der Waals surface area (Å²) in [5, 5.41) is 3.48. The molecule has 1 aromatic heterocycles. The van der Waals surface area contributed by atoms with E-state index in [4.69, 9.17) is 4.42 Å². The van der Waals surface area contributed by atoms with E-state index in [1.165, 1.54) is 23.3 Å². The van der Waals surface area contributed by atoms with Crippen LogP contribution in [0.1, 0.15) is 49.7 Å². The van der Waals surface area contributed by atoms with E-state index in [1.807, 2.05) is 11.8 Å². The lowest BCUT2D eigenvalue weighted by Gasteiger charge is -2.06. The first-order valence-corrected chi connectivity index (χ1v) is 8.73. The third-order valence-electron chi connectivity index (χ3n) is 3.79. The molecule has 21 heavy (non-hydrogen) atoms. The fourth-order valence-corrected chi connectivity index (χ4v) is 3.02. The van der Waals surface area contributed by atoms with Crippen molar-refractivity contribution in [1.82, 2.24) is 5.32 Å². The normalized spacial score (nSPS) is 14.8. The summed E-state index contributed by atoms with van der Waals surface area (Å²) in [6, 6.07) is 13.8. The minimum absolute atomic E-state index is 0.593. The van der Waals surface area contributed by atoms with Crippen LogP contribution in [0.2, 0.25) is 0 Å². The second kappa shape index (κ2) is 6.71. The van der Waals surface area contributed by atoms with E-state index in [2.05, 4.69) is 55.6 Å². The molecular formula is C18H23NOS. The summed E-state index contributed by atoms with van der Waals surface area (Å²) in [6.07, 6.45) is 2.63. The summed E-state index contributed by atoms with van der Waals surface area (Å²) in [7, 11) is 0. The van der Waals surface area contributed by atoms with E-state index >= 15 is 0 Å². The van der Waals surface area contributed by atoms with Crippen LogP contribution < -0.4 is 5.32 Å². The van der Waals surface area contributed by atoms with Gasteiger partial charge in [0.2, 0.25) is 0 Å². The van der Waals surface area contributed by atoms with Crippen LogP contribution in [-0.4, -0.2) is 6.04 Å². The first-order chi connectivity index (χ1) is 10.2. The molecule has 1 saturated carbocycles. The number of thioether (sulfide) groups is 1. The van der Waals surface area contributed by atoms with Crippen molar-refractivity contribution in [2.24, 2.45) is 0 Å². The number of nitrogens with one attached hydrogen (secondary N) is 1. The molecule has 1 aromatic carbocycles. The Morgan fingerprint density at radius 3 is 2.48 bits per heavy atom. The van der Waals surface area contributed by atoms with Crippen molar-refractivity contribution in [2.75, 3.05) is 0 Å². The van der Waals surface area contributed by atoms with Gasteiger partial charge in [0, 0.05) is 10.9 Å². The number of rotatable bonds is 7. The van der Waals surface area contributed by atoms with Gasteiger partial charge in [-0.2, -0.15) is 0 Å². The van der Waals surface area contributed by atoms with Crippen LogP contribution in [-0.2, 0) is 12.3 Å². The molecule has 0 bridgehead atoms. The first kappa shape index (κ1) is 14.7. The van der Waals surface area contributed by atoms with Gasteiger partial charge in [-0.3, -0.25) is 0 Å². The largest absolute Gasteiger partial charge is 0.464 e. The van der Waals surface area contributed by atoms with E-state index < -0.39 is 0 Å². The minimum Gasteiger partial charge on any atom is -0.464 e. The molecule has 2 nitrogen and oxygen atoms in total. The molecule has 0 amide bonds. The highest BCUT2D eigenvalue weighted by Crippen LogP contribution is 2.26. The van der Waals surface area contributed by atoms with Gasteiger partial charge in [0.25, 0.3) is 0 Å². The number of benzene rings is 1. The van der Waals surface area contributed by atoms with E-state index in [0.717, 1.165) is 29.9 Å². The SMILES string of the molecule is CC(C)c1ccc(SCc2ccc(CNC3CC3)o2)cc1. The highest BCUT2D eigenvalue weighted by Gasteiger charge is 2.20. The van der Waals surface area contributed by atoms with Gasteiger partial charge in [-0.05, 0) is 48.6 Å². The van der Waals surface area contributed by atoms with Gasteiger partial charge in [-0.25, -0.2) is 0 Å². The Bertz CT molecular complexity index is 569. The summed E-state index contributed by atoms with van der Waals surface area (Å²) >= 11 is 1.83. The molecule has 0 spiro atoms. The minimum atomic E-state index is 0.593. The van der Waals surface area contributed by atoms with Gasteiger partial charge < -0.3 is 9.73 Å². The van der Waals surface area contributed by atoms with Gasteiger partial charge in [0.15, 0.2) is 0 Å². The van der Waals surface area contributed by atoms with E-state index in [9.17, 15) is 0 Å². The topological polar surface area (TPSA) is 25.2 Å². The van der Waals surface area contributed by atoms with Crippen molar-refractivity contribution in [1.29, 1.82) is 0 Å². The van der Waals surface area contributed by atoms with Crippen LogP contribution in [0.25, 0.3) is 0 Å². The van der Waals surface area contributed by atoms with Crippen LogP contribution in [0.4, 0.5) is 0 Å². The third kappa shape index (κ3) is 4.39. The fourth-order valence-electron chi connectivity index (χ4n) is 2.23. The summed E-state index contributed by atoms with van der Waals surface area (Å²) < 4.78 is 5.86. The van der Waals surface area contributed by atoms with Gasteiger partial charge in [0.05, 0.1) is 12.3 Å². The van der Waals surface area contributed by atoms with Crippen molar-refractivity contribution < 1.29 is 4.42 Å². The number of furan rings is 1. The van der Waals surface area contributed by atoms with E-state index in [0.29, 0.717) is 5.92 Å². The lowest BCUT2D eigenvalue weighted by atomic mass is 10.0. The second-order valence-electron chi connectivity index (χ2n) is 6.04. The summed E-state index contributed by atoms with van der Waals surface area (Å²) in [5.41, 5.74) is 1.39. The van der Waals surface area contributed by atoms with Crippen LogP contribution >= 0.6 is 11.8 Å². The van der Waals surface area contributed by atoms with Crippen molar-refractivity contribution >= 4 is 11.8 Å². The van der Waals surface area contributed by atoms with Crippen LogP contribution in [0.5, 0.6) is 0 Å². The predicted molar refractivity (Wildman–Crippen MR) is 88.7 cm³/mol. The molecule has 1 aliphatic rings. The van der Waals surface area contributed by atoms with E-state index in [1.54, 1.807) is 0 Å². The number of hydrogen-bond acceptors (Lipinski definition) is 3. The van der Waals surface area contributed by atoms with Crippen LogP contribution in [0.15, 0.2) is 45.7 Å². The average molecular weight is 301 g/mol. The first-order valence-electron chi connectivity index (χ1n) is 7.74. The van der Waals surface area contributed by atoms with Crippen LogP contribution in [0, 0.1) is 0 Å². The molecule has 112 valence electrons. The molecule has 1 aliphatic carbocycles. The molecule has 2 aromatic rings. The Morgan fingerprint density at radius 2 is 1.81 bits per heavy atom. The quantitative estimate of drug-likeness (QED) is 0.733. The molecular weight excluding hydrogens is 278 g/mol. The summed E-state index contributed by atoms with van der Waals surface area (Å²) in [4.78, 5) is 1.30. The average Bonchev–Trinajstić information content (AvgIpc) is 3.21. The third-order valence-corrected chi connectivity index (χ3v) is 4.82. The van der Waals surface area contributed by atoms with Gasteiger partial charge in [-0.15, -0.1) is 11.8 Å². The monoisotopic (exact) mass is 301 g/mol. The zero-order valence-corrected chi connectivity index (χ0v) is 13.6. The molecule has 1 fully saturated rings. The zero-order valence-electron chi connectivity index (χ0n) is 12.8. The van der Waals surface area contributed by atoms with Crippen molar-refractivity contribution in [3.8, 4) is 0 Å².